The van der Waals surface area contributed by atoms with Gasteiger partial charge in [0, 0.05) is 21.9 Å². The molecule has 3 aromatic heterocycles. The molecule has 6 heteroatoms. The highest BCUT2D eigenvalue weighted by atomic mass is 32.1. The van der Waals surface area contributed by atoms with Gasteiger partial charge >= 0.3 is 0 Å². The van der Waals surface area contributed by atoms with Crippen LogP contribution >= 0.6 is 22.7 Å². The fourth-order valence-corrected chi connectivity index (χ4v) is 4.48. The molecule has 1 atom stereocenters. The summed E-state index contributed by atoms with van der Waals surface area (Å²) in [6.07, 6.45) is 0. The Morgan fingerprint density at radius 1 is 1.04 bits per heavy atom. The van der Waals surface area contributed by atoms with E-state index in [0.29, 0.717) is 17.6 Å². The molecule has 4 aromatic rings. The molecule has 0 aliphatic heterocycles. The van der Waals surface area contributed by atoms with Crippen molar-refractivity contribution in [2.75, 3.05) is 5.73 Å². The standard InChI is InChI=1S/C18H16N4S2.C2H6/c1-10-9-23-18(20-10)16-21-15(19)13-8-14(24-17(13)22-16)11(2)12-6-4-3-5-7-12;1-2/h3-9,11H,1-2H3,(H2,19,21,22);1-2H3. The quantitative estimate of drug-likeness (QED) is 0.480. The molecule has 26 heavy (non-hydrogen) atoms. The van der Waals surface area contributed by atoms with Crippen LogP contribution in [0, 0.1) is 6.92 Å². The van der Waals surface area contributed by atoms with Gasteiger partial charge in [-0.3, -0.25) is 0 Å². The number of nitrogens with zero attached hydrogens (tertiary/aromatic N) is 3. The first-order chi connectivity index (χ1) is 12.6. The number of fused-ring (bicyclic) bond motifs is 1. The van der Waals surface area contributed by atoms with Crippen molar-refractivity contribution >= 4 is 38.7 Å². The smallest absolute Gasteiger partial charge is 0.192 e. The molecule has 0 amide bonds. The second-order valence-electron chi connectivity index (χ2n) is 5.73. The molecule has 0 aliphatic carbocycles. The van der Waals surface area contributed by atoms with E-state index in [-0.39, 0.29) is 0 Å². The van der Waals surface area contributed by atoms with E-state index >= 15 is 0 Å². The lowest BCUT2D eigenvalue weighted by molar-refractivity contribution is 0.949. The van der Waals surface area contributed by atoms with Crippen molar-refractivity contribution in [3.05, 3.63) is 57.9 Å². The molecule has 4 rings (SSSR count). The molecule has 0 saturated carbocycles. The lowest BCUT2D eigenvalue weighted by Gasteiger charge is -2.08. The van der Waals surface area contributed by atoms with Gasteiger partial charge in [0.1, 0.15) is 10.6 Å². The largest absolute Gasteiger partial charge is 0.383 e. The van der Waals surface area contributed by atoms with Gasteiger partial charge in [-0.1, -0.05) is 51.1 Å². The van der Waals surface area contributed by atoms with E-state index in [4.69, 9.17) is 10.7 Å². The molecular weight excluding hydrogens is 360 g/mol. The summed E-state index contributed by atoms with van der Waals surface area (Å²) in [6.45, 7) is 8.17. The fraction of sp³-hybridized carbons (Fsp3) is 0.250. The Labute approximate surface area is 161 Å². The van der Waals surface area contributed by atoms with Crippen LogP contribution in [0.2, 0.25) is 0 Å². The molecule has 1 unspecified atom stereocenters. The predicted molar refractivity (Wildman–Crippen MR) is 113 cm³/mol. The zero-order chi connectivity index (χ0) is 18.7. The number of nitrogen functional groups attached to an aromatic ring is 1. The number of aryl methyl sites for hydroxylation is 1. The number of thiazole rings is 1. The minimum Gasteiger partial charge on any atom is -0.383 e. The first kappa shape index (κ1) is 18.5. The average Bonchev–Trinajstić information content (AvgIpc) is 3.30. The van der Waals surface area contributed by atoms with E-state index in [1.165, 1.54) is 10.4 Å². The van der Waals surface area contributed by atoms with Crippen molar-refractivity contribution < 1.29 is 0 Å². The number of anilines is 1. The van der Waals surface area contributed by atoms with E-state index in [9.17, 15) is 0 Å². The maximum atomic E-state index is 6.19. The summed E-state index contributed by atoms with van der Waals surface area (Å²) in [5, 5.41) is 3.73. The van der Waals surface area contributed by atoms with Gasteiger partial charge in [-0.05, 0) is 18.6 Å². The van der Waals surface area contributed by atoms with Crippen LogP contribution in [-0.2, 0) is 0 Å². The zero-order valence-electron chi connectivity index (χ0n) is 15.4. The Hall–Kier alpha value is -2.31. The van der Waals surface area contributed by atoms with Crippen LogP contribution in [0.4, 0.5) is 5.82 Å². The lowest BCUT2D eigenvalue weighted by Crippen LogP contribution is -1.95. The van der Waals surface area contributed by atoms with E-state index in [2.05, 4.69) is 47.2 Å². The van der Waals surface area contributed by atoms with Gasteiger partial charge < -0.3 is 5.73 Å². The van der Waals surface area contributed by atoms with Gasteiger partial charge in [-0.25, -0.2) is 15.0 Å². The third-order valence-corrected chi connectivity index (χ3v) is 6.15. The Balaban J connectivity index is 0.000000948. The van der Waals surface area contributed by atoms with Crippen LogP contribution in [0.1, 0.15) is 42.8 Å². The number of benzene rings is 1. The Morgan fingerprint density at radius 3 is 2.42 bits per heavy atom. The van der Waals surface area contributed by atoms with Gasteiger partial charge in [-0.2, -0.15) is 0 Å². The van der Waals surface area contributed by atoms with Gasteiger partial charge in [0.05, 0.1) is 5.39 Å². The normalized spacial score (nSPS) is 11.8. The summed E-state index contributed by atoms with van der Waals surface area (Å²) in [4.78, 5) is 15.8. The van der Waals surface area contributed by atoms with Crippen LogP contribution in [0.15, 0.2) is 41.8 Å². The van der Waals surface area contributed by atoms with Crippen LogP contribution in [0.5, 0.6) is 0 Å². The number of thiophene rings is 1. The van der Waals surface area contributed by atoms with Crippen molar-refractivity contribution in [1.82, 2.24) is 15.0 Å². The third-order valence-electron chi connectivity index (χ3n) is 3.98. The number of aromatic nitrogens is 3. The molecular formula is C20H22N4S2. The average molecular weight is 383 g/mol. The Kier molecular flexibility index (Phi) is 5.64. The highest BCUT2D eigenvalue weighted by Gasteiger charge is 2.16. The zero-order valence-corrected chi connectivity index (χ0v) is 17.0. The second kappa shape index (κ2) is 7.93. The first-order valence-electron chi connectivity index (χ1n) is 8.66. The molecule has 0 fully saturated rings. The number of hydrogen-bond donors (Lipinski definition) is 1. The number of hydrogen-bond acceptors (Lipinski definition) is 6. The van der Waals surface area contributed by atoms with Crippen molar-refractivity contribution in [2.45, 2.75) is 33.6 Å². The summed E-state index contributed by atoms with van der Waals surface area (Å²) >= 11 is 3.22. The molecule has 1 aromatic carbocycles. The maximum Gasteiger partial charge on any atom is 0.192 e. The van der Waals surface area contributed by atoms with Gasteiger partial charge in [-0.15, -0.1) is 22.7 Å². The highest BCUT2D eigenvalue weighted by molar-refractivity contribution is 7.18. The summed E-state index contributed by atoms with van der Waals surface area (Å²) in [7, 11) is 0. The van der Waals surface area contributed by atoms with E-state index in [1.54, 1.807) is 22.7 Å². The van der Waals surface area contributed by atoms with Crippen LogP contribution in [0.25, 0.3) is 21.0 Å². The minimum atomic E-state index is 0.301. The summed E-state index contributed by atoms with van der Waals surface area (Å²) in [6, 6.07) is 12.6. The van der Waals surface area contributed by atoms with Crippen LogP contribution < -0.4 is 5.73 Å². The molecule has 0 bridgehead atoms. The minimum absolute atomic E-state index is 0.301. The molecule has 0 spiro atoms. The summed E-state index contributed by atoms with van der Waals surface area (Å²) < 4.78 is 0. The van der Waals surface area contributed by atoms with E-state index in [0.717, 1.165) is 20.9 Å². The van der Waals surface area contributed by atoms with Crippen LogP contribution in [0.3, 0.4) is 0 Å². The fourth-order valence-electron chi connectivity index (χ4n) is 2.63. The Bertz CT molecular complexity index is 1010. The molecule has 3 heterocycles. The molecule has 134 valence electrons. The molecule has 4 nitrogen and oxygen atoms in total. The monoisotopic (exact) mass is 382 g/mol. The van der Waals surface area contributed by atoms with Crippen molar-refractivity contribution in [2.24, 2.45) is 0 Å². The third kappa shape index (κ3) is 3.61. The van der Waals surface area contributed by atoms with Crippen LogP contribution in [-0.4, -0.2) is 15.0 Å². The highest BCUT2D eigenvalue weighted by Crippen LogP contribution is 2.36. The summed E-state index contributed by atoms with van der Waals surface area (Å²) in [5.41, 5.74) is 8.44. The number of nitrogens with two attached hydrogens (primary N) is 1. The molecule has 2 N–H and O–H groups in total. The van der Waals surface area contributed by atoms with Gasteiger partial charge in [0.15, 0.2) is 10.8 Å². The van der Waals surface area contributed by atoms with Gasteiger partial charge in [0.25, 0.3) is 0 Å². The number of rotatable bonds is 3. The first-order valence-corrected chi connectivity index (χ1v) is 10.4. The molecule has 0 radical (unpaired) electrons. The van der Waals surface area contributed by atoms with Crippen molar-refractivity contribution in [3.8, 4) is 10.8 Å². The van der Waals surface area contributed by atoms with E-state index in [1.807, 2.05) is 32.2 Å². The van der Waals surface area contributed by atoms with Crippen molar-refractivity contribution in [3.63, 3.8) is 0 Å². The predicted octanol–water partition coefficient (Wildman–Crippen LogP) is 5.88. The topological polar surface area (TPSA) is 64.7 Å². The van der Waals surface area contributed by atoms with Crippen molar-refractivity contribution in [1.29, 1.82) is 0 Å². The lowest BCUT2D eigenvalue weighted by atomic mass is 9.99. The van der Waals surface area contributed by atoms with E-state index < -0.39 is 0 Å². The molecule has 0 aliphatic rings. The molecule has 0 saturated heterocycles. The summed E-state index contributed by atoms with van der Waals surface area (Å²) in [5.74, 6) is 1.43. The van der Waals surface area contributed by atoms with Gasteiger partial charge in [0.2, 0.25) is 0 Å². The Morgan fingerprint density at radius 2 is 1.77 bits per heavy atom. The second-order valence-corrected chi connectivity index (χ2v) is 7.65. The SMILES string of the molecule is CC.Cc1csc(-c2nc(N)c3cc(C(C)c4ccccc4)sc3n2)n1. The maximum absolute atomic E-state index is 6.19.